The van der Waals surface area contributed by atoms with Gasteiger partial charge in [-0.15, -0.1) is 0 Å². The average Bonchev–Trinajstić information content (AvgIpc) is 2.38. The van der Waals surface area contributed by atoms with Gasteiger partial charge in [0, 0.05) is 33.6 Å². The molecule has 1 aromatic rings. The number of non-ortho nitro benzene ring substituents is 1. The lowest BCUT2D eigenvalue weighted by Gasteiger charge is -2.29. The molecule has 0 aliphatic heterocycles. The van der Waals surface area contributed by atoms with Gasteiger partial charge in [0.2, 0.25) is 0 Å². The lowest BCUT2D eigenvalue weighted by molar-refractivity contribution is -0.384. The summed E-state index contributed by atoms with van der Waals surface area (Å²) in [6.07, 6.45) is 1.52. The number of rotatable bonds is 6. The third-order valence-electron chi connectivity index (χ3n) is 3.20. The van der Waals surface area contributed by atoms with Crippen LogP contribution in [0.15, 0.2) is 18.2 Å². The Morgan fingerprint density at radius 3 is 2.65 bits per heavy atom. The van der Waals surface area contributed by atoms with Gasteiger partial charge in [-0.1, -0.05) is 34.5 Å². The van der Waals surface area contributed by atoms with Crippen LogP contribution in [0.5, 0.6) is 0 Å². The van der Waals surface area contributed by atoms with E-state index in [9.17, 15) is 14.9 Å². The van der Waals surface area contributed by atoms with E-state index in [0.29, 0.717) is 0 Å². The zero-order valence-electron chi connectivity index (χ0n) is 11.3. The number of nitro groups is 1. The monoisotopic (exact) mass is 362 g/mol. The predicted octanol–water partition coefficient (Wildman–Crippen LogP) is 3.93. The minimum atomic E-state index is -0.569. The summed E-state index contributed by atoms with van der Waals surface area (Å²) in [5.74, 6) is -0.360. The molecule has 1 atom stereocenters. The Labute approximate surface area is 131 Å². The van der Waals surface area contributed by atoms with Crippen molar-refractivity contribution >= 4 is 39.1 Å². The summed E-state index contributed by atoms with van der Waals surface area (Å²) in [7, 11) is 0. The minimum Gasteiger partial charge on any atom is -0.347 e. The normalized spacial score (nSPS) is 13.6. The van der Waals surface area contributed by atoms with Crippen molar-refractivity contribution in [3.05, 3.63) is 38.9 Å². The van der Waals surface area contributed by atoms with Crippen LogP contribution in [0, 0.1) is 10.1 Å². The zero-order valence-corrected chi connectivity index (χ0v) is 13.6. The van der Waals surface area contributed by atoms with E-state index < -0.39 is 4.92 Å². The van der Waals surface area contributed by atoms with Gasteiger partial charge in [-0.3, -0.25) is 14.9 Å². The molecule has 110 valence electrons. The maximum absolute atomic E-state index is 12.2. The van der Waals surface area contributed by atoms with E-state index in [-0.39, 0.29) is 27.7 Å². The summed E-state index contributed by atoms with van der Waals surface area (Å²) in [5, 5.41) is 14.6. The van der Waals surface area contributed by atoms with Gasteiger partial charge in [-0.25, -0.2) is 0 Å². The Bertz CT molecular complexity index is 524. The second-order valence-electron chi connectivity index (χ2n) is 4.76. The van der Waals surface area contributed by atoms with Crippen molar-refractivity contribution in [2.45, 2.75) is 32.2 Å². The molecule has 1 amide bonds. The number of nitrogens with zero attached hydrogens (tertiary/aromatic N) is 1. The van der Waals surface area contributed by atoms with E-state index in [0.717, 1.165) is 18.2 Å². The summed E-state index contributed by atoms with van der Waals surface area (Å²) >= 11 is 9.17. The molecule has 0 saturated heterocycles. The topological polar surface area (TPSA) is 72.2 Å². The highest BCUT2D eigenvalue weighted by Crippen LogP contribution is 2.22. The van der Waals surface area contributed by atoms with E-state index in [4.69, 9.17) is 11.6 Å². The first-order chi connectivity index (χ1) is 9.31. The van der Waals surface area contributed by atoms with Crippen LogP contribution in [-0.4, -0.2) is 21.7 Å². The summed E-state index contributed by atoms with van der Waals surface area (Å²) in [6.45, 7) is 3.91. The Morgan fingerprint density at radius 1 is 1.50 bits per heavy atom. The van der Waals surface area contributed by atoms with Crippen molar-refractivity contribution in [1.29, 1.82) is 0 Å². The highest BCUT2D eigenvalue weighted by molar-refractivity contribution is 9.09. The van der Waals surface area contributed by atoms with Gasteiger partial charge in [0.1, 0.15) is 0 Å². The second kappa shape index (κ2) is 7.04. The number of halogens is 2. The lowest BCUT2D eigenvalue weighted by atomic mass is 9.95. The van der Waals surface area contributed by atoms with Crippen LogP contribution >= 0.6 is 27.5 Å². The van der Waals surface area contributed by atoms with Crippen molar-refractivity contribution in [3.8, 4) is 0 Å². The summed E-state index contributed by atoms with van der Waals surface area (Å²) in [5.41, 5.74) is -0.364. The fraction of sp³-hybridized carbons (Fsp3) is 0.462. The molecule has 0 spiro atoms. The van der Waals surface area contributed by atoms with Crippen LogP contribution < -0.4 is 5.32 Å². The average molecular weight is 364 g/mol. The van der Waals surface area contributed by atoms with E-state index in [1.54, 1.807) is 0 Å². The fourth-order valence-electron chi connectivity index (χ4n) is 1.69. The fourth-order valence-corrected chi connectivity index (χ4v) is 2.80. The highest BCUT2D eigenvalue weighted by atomic mass is 79.9. The molecule has 0 heterocycles. The molecule has 0 radical (unpaired) electrons. The summed E-state index contributed by atoms with van der Waals surface area (Å²) < 4.78 is 0. The molecule has 0 aliphatic rings. The molecule has 0 aromatic heterocycles. The van der Waals surface area contributed by atoms with Crippen LogP contribution in [0.1, 0.15) is 37.0 Å². The molecule has 1 aromatic carbocycles. The first kappa shape index (κ1) is 16.9. The number of benzene rings is 1. The Hall–Kier alpha value is -1.14. The largest absolute Gasteiger partial charge is 0.347 e. The first-order valence-electron chi connectivity index (χ1n) is 6.15. The van der Waals surface area contributed by atoms with Crippen molar-refractivity contribution in [3.63, 3.8) is 0 Å². The number of nitro benzene ring substituents is 1. The SMILES string of the molecule is CCC(C)(CCBr)NC(=O)c1cc(Cl)cc([N+](=O)[O-])c1. The van der Waals surface area contributed by atoms with Crippen LogP contribution in [0.25, 0.3) is 0 Å². The maximum atomic E-state index is 12.2. The smallest absolute Gasteiger partial charge is 0.271 e. The molecule has 20 heavy (non-hydrogen) atoms. The van der Waals surface area contributed by atoms with Gasteiger partial charge in [-0.05, 0) is 25.8 Å². The Kier molecular flexibility index (Phi) is 5.95. The molecule has 0 fully saturated rings. The summed E-state index contributed by atoms with van der Waals surface area (Å²) in [4.78, 5) is 22.4. The van der Waals surface area contributed by atoms with Crippen LogP contribution in [0.3, 0.4) is 0 Å². The number of carbonyl (C=O) groups excluding carboxylic acids is 1. The number of carbonyl (C=O) groups is 1. The third kappa shape index (κ3) is 4.45. The van der Waals surface area contributed by atoms with Crippen LogP contribution in [-0.2, 0) is 0 Å². The molecule has 5 nitrogen and oxygen atoms in total. The number of hydrogen-bond acceptors (Lipinski definition) is 3. The van der Waals surface area contributed by atoms with E-state index in [1.807, 2.05) is 13.8 Å². The second-order valence-corrected chi connectivity index (χ2v) is 5.99. The zero-order chi connectivity index (χ0) is 15.3. The van der Waals surface area contributed by atoms with Gasteiger partial charge in [0.15, 0.2) is 0 Å². The van der Waals surface area contributed by atoms with E-state index in [2.05, 4.69) is 21.2 Å². The molecule has 1 rings (SSSR count). The molecular weight excluding hydrogens is 348 g/mol. The quantitative estimate of drug-likeness (QED) is 0.473. The Morgan fingerprint density at radius 2 is 2.15 bits per heavy atom. The molecule has 1 N–H and O–H groups in total. The standard InChI is InChI=1S/C13H16BrClN2O3/c1-3-13(2,4-5-14)16-12(18)9-6-10(15)8-11(7-9)17(19)20/h6-8H,3-5H2,1-2H3,(H,16,18). The number of hydrogen-bond donors (Lipinski definition) is 1. The van der Waals surface area contributed by atoms with Crippen molar-refractivity contribution < 1.29 is 9.72 Å². The summed E-state index contributed by atoms with van der Waals surface area (Å²) in [6, 6.07) is 3.87. The highest BCUT2D eigenvalue weighted by Gasteiger charge is 2.25. The van der Waals surface area contributed by atoms with Gasteiger partial charge in [0.25, 0.3) is 11.6 Å². The van der Waals surface area contributed by atoms with Crippen molar-refractivity contribution in [2.75, 3.05) is 5.33 Å². The molecule has 1 unspecified atom stereocenters. The maximum Gasteiger partial charge on any atom is 0.271 e. The molecule has 0 aliphatic carbocycles. The Balaban J connectivity index is 3.00. The van der Waals surface area contributed by atoms with E-state index in [1.165, 1.54) is 18.2 Å². The minimum absolute atomic E-state index is 0.169. The van der Waals surface area contributed by atoms with Gasteiger partial charge >= 0.3 is 0 Å². The molecule has 0 saturated carbocycles. The first-order valence-corrected chi connectivity index (χ1v) is 7.64. The molecular formula is C13H16BrClN2O3. The van der Waals surface area contributed by atoms with Gasteiger partial charge < -0.3 is 5.32 Å². The van der Waals surface area contributed by atoms with Crippen molar-refractivity contribution in [2.24, 2.45) is 0 Å². The molecule has 0 bridgehead atoms. The predicted molar refractivity (Wildman–Crippen MR) is 82.7 cm³/mol. The number of nitrogens with one attached hydrogen (secondary N) is 1. The van der Waals surface area contributed by atoms with Crippen LogP contribution in [0.2, 0.25) is 5.02 Å². The number of alkyl halides is 1. The van der Waals surface area contributed by atoms with Gasteiger partial charge in [0.05, 0.1) is 4.92 Å². The van der Waals surface area contributed by atoms with E-state index >= 15 is 0 Å². The van der Waals surface area contributed by atoms with Crippen LogP contribution in [0.4, 0.5) is 5.69 Å². The van der Waals surface area contributed by atoms with Crippen molar-refractivity contribution in [1.82, 2.24) is 5.32 Å². The molecule has 7 heteroatoms. The third-order valence-corrected chi connectivity index (χ3v) is 3.81. The van der Waals surface area contributed by atoms with Gasteiger partial charge in [-0.2, -0.15) is 0 Å². The lowest BCUT2D eigenvalue weighted by Crippen LogP contribution is -2.45. The number of amides is 1.